The highest BCUT2D eigenvalue weighted by molar-refractivity contribution is 6.31. The van der Waals surface area contributed by atoms with Gasteiger partial charge in [-0.2, -0.15) is 5.26 Å². The Morgan fingerprint density at radius 3 is 2.83 bits per heavy atom. The number of ether oxygens (including phenoxy) is 1. The van der Waals surface area contributed by atoms with Crippen LogP contribution in [0, 0.1) is 11.3 Å². The molecular weight excluding hydrogens is 248 g/mol. The van der Waals surface area contributed by atoms with E-state index in [9.17, 15) is 0 Å². The highest BCUT2D eigenvalue weighted by Gasteiger charge is 2.07. The van der Waals surface area contributed by atoms with Crippen LogP contribution >= 0.6 is 11.6 Å². The molecule has 0 bridgehead atoms. The molecular formula is C14H11ClN2O. The maximum atomic E-state index is 8.99. The van der Waals surface area contributed by atoms with E-state index in [0.717, 1.165) is 5.69 Å². The third kappa shape index (κ3) is 2.99. The number of hydrogen-bond acceptors (Lipinski definition) is 3. The molecule has 0 saturated carbocycles. The summed E-state index contributed by atoms with van der Waals surface area (Å²) in [7, 11) is 0. The minimum Gasteiger partial charge on any atom is -0.492 e. The number of halogens is 1. The summed E-state index contributed by atoms with van der Waals surface area (Å²) in [5, 5.41) is 9.40. The third-order valence-electron chi connectivity index (χ3n) is 2.43. The average molecular weight is 259 g/mol. The Balaban J connectivity index is 1.99. The van der Waals surface area contributed by atoms with Gasteiger partial charge in [0, 0.05) is 18.3 Å². The number of aromatic nitrogens is 1. The fourth-order valence-electron chi connectivity index (χ4n) is 1.54. The molecule has 1 heterocycles. The van der Waals surface area contributed by atoms with Gasteiger partial charge >= 0.3 is 0 Å². The monoisotopic (exact) mass is 258 g/mol. The van der Waals surface area contributed by atoms with Gasteiger partial charge in [-0.15, -0.1) is 0 Å². The second-order valence-corrected chi connectivity index (χ2v) is 4.05. The maximum Gasteiger partial charge on any atom is 0.138 e. The van der Waals surface area contributed by atoms with Gasteiger partial charge in [-0.3, -0.25) is 4.98 Å². The molecule has 90 valence electrons. The van der Waals surface area contributed by atoms with E-state index in [4.69, 9.17) is 21.6 Å². The van der Waals surface area contributed by atoms with E-state index < -0.39 is 0 Å². The van der Waals surface area contributed by atoms with Crippen molar-refractivity contribution in [3.05, 3.63) is 58.9 Å². The first kappa shape index (κ1) is 12.4. The predicted octanol–water partition coefficient (Wildman–Crippen LogP) is 3.23. The molecule has 3 nitrogen and oxygen atoms in total. The number of rotatable bonds is 4. The van der Waals surface area contributed by atoms with E-state index in [2.05, 4.69) is 4.98 Å². The van der Waals surface area contributed by atoms with Crippen LogP contribution in [0.25, 0.3) is 0 Å². The molecule has 18 heavy (non-hydrogen) atoms. The van der Waals surface area contributed by atoms with Crippen LogP contribution in [0.1, 0.15) is 11.3 Å². The first-order valence-electron chi connectivity index (χ1n) is 5.52. The second kappa shape index (κ2) is 6.04. The first-order chi connectivity index (χ1) is 8.81. The van der Waals surface area contributed by atoms with Crippen LogP contribution in [0.4, 0.5) is 0 Å². The molecule has 0 aliphatic carbocycles. The van der Waals surface area contributed by atoms with E-state index in [1.165, 1.54) is 0 Å². The number of pyridine rings is 1. The molecule has 0 radical (unpaired) electrons. The number of hydrogen-bond donors (Lipinski definition) is 0. The van der Waals surface area contributed by atoms with Crippen LogP contribution in [0.15, 0.2) is 42.6 Å². The van der Waals surface area contributed by atoms with Crippen molar-refractivity contribution in [1.29, 1.82) is 5.26 Å². The van der Waals surface area contributed by atoms with Crippen LogP contribution in [0.2, 0.25) is 5.02 Å². The van der Waals surface area contributed by atoms with Crippen LogP contribution in [0.3, 0.4) is 0 Å². The highest BCUT2D eigenvalue weighted by Crippen LogP contribution is 2.25. The van der Waals surface area contributed by atoms with Gasteiger partial charge in [0.25, 0.3) is 0 Å². The highest BCUT2D eigenvalue weighted by atomic mass is 35.5. The molecule has 2 aromatic rings. The zero-order valence-electron chi connectivity index (χ0n) is 9.64. The molecule has 0 aliphatic rings. The molecule has 1 aromatic carbocycles. The van der Waals surface area contributed by atoms with Gasteiger partial charge in [0.15, 0.2) is 0 Å². The van der Waals surface area contributed by atoms with Crippen molar-refractivity contribution in [1.82, 2.24) is 4.98 Å². The van der Waals surface area contributed by atoms with Gasteiger partial charge in [-0.05, 0) is 24.3 Å². The van der Waals surface area contributed by atoms with Crippen molar-refractivity contribution < 1.29 is 4.74 Å². The summed E-state index contributed by atoms with van der Waals surface area (Å²) in [5.74, 6) is 0.515. The number of nitriles is 1. The van der Waals surface area contributed by atoms with Gasteiger partial charge in [-0.25, -0.2) is 0 Å². The fraction of sp³-hybridized carbons (Fsp3) is 0.143. The summed E-state index contributed by atoms with van der Waals surface area (Å²) in [4.78, 5) is 4.20. The zero-order chi connectivity index (χ0) is 12.8. The molecule has 0 spiro atoms. The average Bonchev–Trinajstić information content (AvgIpc) is 2.40. The summed E-state index contributed by atoms with van der Waals surface area (Å²) in [6.45, 7) is 0.464. The summed E-state index contributed by atoms with van der Waals surface area (Å²) in [5.41, 5.74) is 1.33. The topological polar surface area (TPSA) is 45.9 Å². The van der Waals surface area contributed by atoms with Crippen LogP contribution in [-0.2, 0) is 6.42 Å². The molecule has 0 saturated heterocycles. The zero-order valence-corrected chi connectivity index (χ0v) is 10.4. The Hall–Kier alpha value is -2.05. The number of nitrogens with zero attached hydrogens (tertiary/aromatic N) is 2. The molecule has 1 aromatic heterocycles. The fourth-order valence-corrected chi connectivity index (χ4v) is 1.75. The number of benzene rings is 1. The van der Waals surface area contributed by atoms with Crippen LogP contribution in [-0.4, -0.2) is 11.6 Å². The van der Waals surface area contributed by atoms with Crippen molar-refractivity contribution in [3.8, 4) is 11.8 Å². The lowest BCUT2D eigenvalue weighted by atomic mass is 10.2. The molecule has 0 aliphatic heterocycles. The van der Waals surface area contributed by atoms with Gasteiger partial charge in [0.05, 0.1) is 11.6 Å². The largest absolute Gasteiger partial charge is 0.492 e. The van der Waals surface area contributed by atoms with Crippen LogP contribution < -0.4 is 4.74 Å². The normalized spacial score (nSPS) is 9.78. The van der Waals surface area contributed by atoms with E-state index in [1.807, 2.05) is 24.3 Å². The third-order valence-corrected chi connectivity index (χ3v) is 2.74. The smallest absolute Gasteiger partial charge is 0.138 e. The summed E-state index contributed by atoms with van der Waals surface area (Å²) < 4.78 is 5.57. The van der Waals surface area contributed by atoms with E-state index >= 15 is 0 Å². The van der Waals surface area contributed by atoms with Crippen molar-refractivity contribution >= 4 is 11.6 Å². The lowest BCUT2D eigenvalue weighted by Gasteiger charge is -2.08. The molecule has 0 amide bonds. The summed E-state index contributed by atoms with van der Waals surface area (Å²) >= 11 is 5.91. The van der Waals surface area contributed by atoms with Gasteiger partial charge < -0.3 is 4.74 Å². The quantitative estimate of drug-likeness (QED) is 0.846. The molecule has 0 fully saturated rings. The molecule has 0 atom stereocenters. The molecule has 2 rings (SSSR count). The van der Waals surface area contributed by atoms with E-state index in [1.54, 1.807) is 24.4 Å². The van der Waals surface area contributed by atoms with Crippen molar-refractivity contribution in [2.45, 2.75) is 6.42 Å². The Morgan fingerprint density at radius 2 is 2.11 bits per heavy atom. The van der Waals surface area contributed by atoms with E-state index in [0.29, 0.717) is 29.4 Å². The maximum absolute atomic E-state index is 8.99. The van der Waals surface area contributed by atoms with Crippen LogP contribution in [0.5, 0.6) is 5.75 Å². The van der Waals surface area contributed by atoms with Crippen molar-refractivity contribution in [2.24, 2.45) is 0 Å². The molecule has 0 unspecified atom stereocenters. The summed E-state index contributed by atoms with van der Waals surface area (Å²) in [6, 6.07) is 13.0. The van der Waals surface area contributed by atoms with Crippen molar-refractivity contribution in [2.75, 3.05) is 6.61 Å². The van der Waals surface area contributed by atoms with Crippen molar-refractivity contribution in [3.63, 3.8) is 0 Å². The Bertz CT molecular complexity index is 564. The van der Waals surface area contributed by atoms with Gasteiger partial charge in [-0.1, -0.05) is 23.7 Å². The minimum absolute atomic E-state index is 0.375. The van der Waals surface area contributed by atoms with Gasteiger partial charge in [0.1, 0.15) is 17.4 Å². The predicted molar refractivity (Wildman–Crippen MR) is 69.6 cm³/mol. The molecule has 4 heteroatoms. The SMILES string of the molecule is N#Cc1c(Cl)cccc1OCCc1ccccn1. The standard InChI is InChI=1S/C14H11ClN2O/c15-13-5-3-6-14(12(13)10-16)18-9-7-11-4-1-2-8-17-11/h1-6,8H,7,9H2. The Kier molecular flexibility index (Phi) is 4.16. The Labute approximate surface area is 111 Å². The lowest BCUT2D eigenvalue weighted by molar-refractivity contribution is 0.319. The first-order valence-corrected chi connectivity index (χ1v) is 5.90. The lowest BCUT2D eigenvalue weighted by Crippen LogP contribution is -2.03. The second-order valence-electron chi connectivity index (χ2n) is 3.64. The Morgan fingerprint density at radius 1 is 1.22 bits per heavy atom. The minimum atomic E-state index is 0.375. The van der Waals surface area contributed by atoms with Gasteiger partial charge in [0.2, 0.25) is 0 Å². The summed E-state index contributed by atoms with van der Waals surface area (Å²) in [6.07, 6.45) is 2.44. The molecule has 0 N–H and O–H groups in total. The van der Waals surface area contributed by atoms with E-state index in [-0.39, 0.29) is 0 Å².